The van der Waals surface area contributed by atoms with E-state index in [0.717, 1.165) is 0 Å². The monoisotopic (exact) mass is 290 g/mol. The van der Waals surface area contributed by atoms with Crippen LogP contribution in [0.3, 0.4) is 0 Å². The number of anilines is 1. The van der Waals surface area contributed by atoms with Crippen molar-refractivity contribution in [3.05, 3.63) is 45.8 Å². The van der Waals surface area contributed by atoms with E-state index < -0.39 is 10.8 Å². The molecule has 0 unspecified atom stereocenters. The van der Waals surface area contributed by atoms with Crippen molar-refractivity contribution in [2.75, 3.05) is 11.9 Å². The van der Waals surface area contributed by atoms with Crippen LogP contribution in [0.25, 0.3) is 0 Å². The van der Waals surface area contributed by atoms with Crippen LogP contribution in [0.2, 0.25) is 0 Å². The molecule has 9 heteroatoms. The van der Waals surface area contributed by atoms with Gasteiger partial charge in [-0.1, -0.05) is 5.21 Å². The Labute approximate surface area is 119 Å². The lowest BCUT2D eigenvalue weighted by Gasteiger charge is -2.06. The van der Waals surface area contributed by atoms with Gasteiger partial charge in [0.25, 0.3) is 11.6 Å². The second-order valence-corrected chi connectivity index (χ2v) is 4.37. The Balaban J connectivity index is 2.13. The highest BCUT2D eigenvalue weighted by molar-refractivity contribution is 6.03. The number of nitro groups is 1. The lowest BCUT2D eigenvalue weighted by molar-refractivity contribution is -0.384. The minimum Gasteiger partial charge on any atom is -0.329 e. The quantitative estimate of drug-likeness (QED) is 0.616. The summed E-state index contributed by atoms with van der Waals surface area (Å²) >= 11 is 0. The molecule has 1 heterocycles. The summed E-state index contributed by atoms with van der Waals surface area (Å²) in [5.41, 5.74) is 6.58. The maximum absolute atomic E-state index is 12.0. The van der Waals surface area contributed by atoms with E-state index in [1.54, 1.807) is 6.92 Å². The topological polar surface area (TPSA) is 129 Å². The van der Waals surface area contributed by atoms with E-state index in [1.165, 1.54) is 29.1 Å². The summed E-state index contributed by atoms with van der Waals surface area (Å²) in [6.07, 6.45) is 1.49. The molecule has 1 aromatic heterocycles. The lowest BCUT2D eigenvalue weighted by Crippen LogP contribution is -2.13. The molecule has 0 saturated carbocycles. The van der Waals surface area contributed by atoms with Crippen molar-refractivity contribution in [2.24, 2.45) is 5.73 Å². The predicted molar refractivity (Wildman–Crippen MR) is 74.9 cm³/mol. The number of hydrogen-bond donors (Lipinski definition) is 2. The minimum absolute atomic E-state index is 0.0283. The highest BCUT2D eigenvalue weighted by Crippen LogP contribution is 2.21. The molecule has 110 valence electrons. The van der Waals surface area contributed by atoms with Crippen molar-refractivity contribution in [1.29, 1.82) is 0 Å². The maximum Gasteiger partial charge on any atom is 0.277 e. The van der Waals surface area contributed by atoms with Crippen molar-refractivity contribution in [3.8, 4) is 0 Å². The number of nitrogens with one attached hydrogen (secondary N) is 1. The van der Waals surface area contributed by atoms with E-state index in [2.05, 4.69) is 15.6 Å². The lowest BCUT2D eigenvalue weighted by atomic mass is 10.2. The summed E-state index contributed by atoms with van der Waals surface area (Å²) in [5, 5.41) is 20.8. The first-order valence-corrected chi connectivity index (χ1v) is 6.18. The summed E-state index contributed by atoms with van der Waals surface area (Å²) in [6.45, 7) is 2.54. The van der Waals surface area contributed by atoms with Crippen LogP contribution in [0.15, 0.2) is 24.4 Å². The summed E-state index contributed by atoms with van der Waals surface area (Å²) < 4.78 is 1.47. The van der Waals surface area contributed by atoms with Gasteiger partial charge in [-0.05, 0) is 18.6 Å². The third kappa shape index (κ3) is 3.39. The van der Waals surface area contributed by atoms with E-state index in [0.29, 0.717) is 24.3 Å². The standard InChI is InChI=1S/C12H14N6O3/c1-8-6-9(18(20)21)2-3-10(8)14-12(19)11-7-17(5-4-13)16-15-11/h2-3,6-7H,4-5,13H2,1H3,(H,14,19). The molecule has 0 atom stereocenters. The van der Waals surface area contributed by atoms with Crippen LogP contribution in [-0.2, 0) is 6.54 Å². The summed E-state index contributed by atoms with van der Waals surface area (Å²) in [4.78, 5) is 22.2. The molecule has 0 aliphatic rings. The summed E-state index contributed by atoms with van der Waals surface area (Å²) in [6, 6.07) is 4.20. The fourth-order valence-corrected chi connectivity index (χ4v) is 1.73. The van der Waals surface area contributed by atoms with Gasteiger partial charge < -0.3 is 11.1 Å². The summed E-state index contributed by atoms with van der Waals surface area (Å²) in [7, 11) is 0. The number of benzene rings is 1. The van der Waals surface area contributed by atoms with E-state index in [4.69, 9.17) is 5.73 Å². The Kier molecular flexibility index (Phi) is 4.24. The predicted octanol–water partition coefficient (Wildman–Crippen LogP) is 0.706. The molecule has 1 amide bonds. The molecular formula is C12H14N6O3. The molecular weight excluding hydrogens is 276 g/mol. The number of nitrogens with two attached hydrogens (primary N) is 1. The largest absolute Gasteiger partial charge is 0.329 e. The SMILES string of the molecule is Cc1cc([N+](=O)[O-])ccc1NC(=O)c1cn(CCN)nn1. The Morgan fingerprint density at radius 2 is 2.29 bits per heavy atom. The molecule has 0 aliphatic heterocycles. The molecule has 2 aromatic rings. The van der Waals surface area contributed by atoms with Crippen molar-refractivity contribution < 1.29 is 9.72 Å². The van der Waals surface area contributed by atoms with Gasteiger partial charge in [-0.15, -0.1) is 5.10 Å². The van der Waals surface area contributed by atoms with Crippen molar-refractivity contribution in [3.63, 3.8) is 0 Å². The number of rotatable bonds is 5. The second-order valence-electron chi connectivity index (χ2n) is 4.37. The highest BCUT2D eigenvalue weighted by atomic mass is 16.6. The molecule has 2 rings (SSSR count). The summed E-state index contributed by atoms with van der Waals surface area (Å²) in [5.74, 6) is -0.435. The normalized spacial score (nSPS) is 10.4. The molecule has 3 N–H and O–H groups in total. The minimum atomic E-state index is -0.489. The molecule has 0 bridgehead atoms. The number of nitrogens with zero attached hydrogens (tertiary/aromatic N) is 4. The molecule has 0 radical (unpaired) electrons. The number of aromatic nitrogens is 3. The number of amides is 1. The van der Waals surface area contributed by atoms with Gasteiger partial charge in [-0.3, -0.25) is 19.6 Å². The zero-order chi connectivity index (χ0) is 15.4. The number of nitro benzene ring substituents is 1. The molecule has 0 saturated heterocycles. The zero-order valence-corrected chi connectivity index (χ0v) is 11.3. The van der Waals surface area contributed by atoms with Crippen molar-refractivity contribution in [1.82, 2.24) is 15.0 Å². The first-order chi connectivity index (χ1) is 10.0. The van der Waals surface area contributed by atoms with Gasteiger partial charge in [-0.25, -0.2) is 0 Å². The molecule has 21 heavy (non-hydrogen) atoms. The molecule has 1 aromatic carbocycles. The molecule has 0 aliphatic carbocycles. The van der Waals surface area contributed by atoms with Crippen LogP contribution < -0.4 is 11.1 Å². The van der Waals surface area contributed by atoms with E-state index in [1.807, 2.05) is 0 Å². The van der Waals surface area contributed by atoms with Crippen molar-refractivity contribution >= 4 is 17.3 Å². The van der Waals surface area contributed by atoms with Crippen molar-refractivity contribution in [2.45, 2.75) is 13.5 Å². The van der Waals surface area contributed by atoms with E-state index in [-0.39, 0.29) is 11.4 Å². The van der Waals surface area contributed by atoms with Crippen LogP contribution in [0.4, 0.5) is 11.4 Å². The zero-order valence-electron chi connectivity index (χ0n) is 11.3. The van der Waals surface area contributed by atoms with E-state index >= 15 is 0 Å². The Morgan fingerprint density at radius 1 is 1.52 bits per heavy atom. The average molecular weight is 290 g/mol. The van der Waals surface area contributed by atoms with Crippen LogP contribution in [0.5, 0.6) is 0 Å². The Hall–Kier alpha value is -2.81. The first kappa shape index (κ1) is 14.6. The number of carbonyl (C=O) groups is 1. The smallest absolute Gasteiger partial charge is 0.277 e. The average Bonchev–Trinajstić information content (AvgIpc) is 2.90. The van der Waals surface area contributed by atoms with Crippen LogP contribution in [0, 0.1) is 17.0 Å². The fourth-order valence-electron chi connectivity index (χ4n) is 1.73. The van der Waals surface area contributed by atoms with Gasteiger partial charge >= 0.3 is 0 Å². The van der Waals surface area contributed by atoms with Crippen LogP contribution in [0.1, 0.15) is 16.1 Å². The number of aryl methyl sites for hydroxylation is 1. The molecule has 0 spiro atoms. The van der Waals surface area contributed by atoms with Gasteiger partial charge in [0, 0.05) is 24.4 Å². The number of non-ortho nitro benzene ring substituents is 1. The first-order valence-electron chi connectivity index (χ1n) is 6.18. The van der Waals surface area contributed by atoms with E-state index in [9.17, 15) is 14.9 Å². The maximum atomic E-state index is 12.0. The van der Waals surface area contributed by atoms with Crippen LogP contribution >= 0.6 is 0 Å². The number of hydrogen-bond acceptors (Lipinski definition) is 6. The van der Waals surface area contributed by atoms with Gasteiger partial charge in [0.15, 0.2) is 5.69 Å². The second kappa shape index (κ2) is 6.09. The van der Waals surface area contributed by atoms with Gasteiger partial charge in [-0.2, -0.15) is 0 Å². The Morgan fingerprint density at radius 3 is 2.90 bits per heavy atom. The van der Waals surface area contributed by atoms with Gasteiger partial charge in [0.1, 0.15) is 0 Å². The highest BCUT2D eigenvalue weighted by Gasteiger charge is 2.14. The molecule has 9 nitrogen and oxygen atoms in total. The van der Waals surface area contributed by atoms with Gasteiger partial charge in [0.05, 0.1) is 17.7 Å². The third-order valence-corrected chi connectivity index (χ3v) is 2.80. The molecule has 0 fully saturated rings. The van der Waals surface area contributed by atoms with Crippen LogP contribution in [-0.4, -0.2) is 32.4 Å². The fraction of sp³-hybridized carbons (Fsp3) is 0.250. The third-order valence-electron chi connectivity index (χ3n) is 2.80. The Bertz CT molecular complexity index is 681. The number of carbonyl (C=O) groups excluding carboxylic acids is 1. The van der Waals surface area contributed by atoms with Gasteiger partial charge in [0.2, 0.25) is 0 Å².